The number of amides is 1. The molecule has 7 heteroatoms. The molecule has 0 radical (unpaired) electrons. The summed E-state index contributed by atoms with van der Waals surface area (Å²) >= 11 is 1.27. The number of nitrogens with one attached hydrogen (secondary N) is 1. The maximum absolute atomic E-state index is 12.4. The second-order valence-electron chi connectivity index (χ2n) is 5.80. The molecule has 1 heterocycles. The van der Waals surface area contributed by atoms with Crippen LogP contribution in [0.3, 0.4) is 0 Å². The van der Waals surface area contributed by atoms with E-state index in [1.54, 1.807) is 31.4 Å². The summed E-state index contributed by atoms with van der Waals surface area (Å²) in [5.74, 6) is 1.16. The second kappa shape index (κ2) is 8.73. The highest BCUT2D eigenvalue weighted by Gasteiger charge is 2.32. The lowest BCUT2D eigenvalue weighted by molar-refractivity contribution is -0.118. The van der Waals surface area contributed by atoms with Crippen molar-refractivity contribution in [3.05, 3.63) is 54.1 Å². The first-order valence-electron chi connectivity index (χ1n) is 8.55. The number of rotatable bonds is 7. The number of ketones is 1. The van der Waals surface area contributed by atoms with E-state index in [1.807, 2.05) is 31.2 Å². The quantitative estimate of drug-likeness (QED) is 0.738. The van der Waals surface area contributed by atoms with Gasteiger partial charge in [-0.25, -0.2) is 4.99 Å². The fraction of sp³-hybridized carbons (Fsp3) is 0.250. The molecule has 140 valence electrons. The van der Waals surface area contributed by atoms with E-state index in [0.29, 0.717) is 28.8 Å². The second-order valence-corrected chi connectivity index (χ2v) is 6.99. The highest BCUT2D eigenvalue weighted by atomic mass is 32.2. The number of nitrogens with zero attached hydrogens (tertiary/aromatic N) is 1. The van der Waals surface area contributed by atoms with Crippen molar-refractivity contribution in [2.45, 2.75) is 18.6 Å². The predicted octanol–water partition coefficient (Wildman–Crippen LogP) is 3.59. The Labute approximate surface area is 162 Å². The topological polar surface area (TPSA) is 77.0 Å². The Balaban J connectivity index is 1.63. The minimum Gasteiger partial charge on any atom is -0.497 e. The lowest BCUT2D eigenvalue weighted by Gasteiger charge is -2.05. The molecule has 0 aliphatic carbocycles. The van der Waals surface area contributed by atoms with Gasteiger partial charge in [-0.05, 0) is 55.5 Å². The average Bonchev–Trinajstić information content (AvgIpc) is 3.02. The third-order valence-electron chi connectivity index (χ3n) is 3.94. The monoisotopic (exact) mass is 384 g/mol. The number of thioether (sulfide) groups is 1. The van der Waals surface area contributed by atoms with Crippen molar-refractivity contribution in [3.8, 4) is 11.5 Å². The molecular formula is C20H20N2O4S. The SMILES string of the molecule is CCOc1ccc(N=C2NC(=O)C(CC(=O)c3ccc(OC)cc3)S2)cc1. The number of amidine groups is 1. The van der Waals surface area contributed by atoms with Crippen molar-refractivity contribution in [3.63, 3.8) is 0 Å². The maximum Gasteiger partial charge on any atom is 0.240 e. The van der Waals surface area contributed by atoms with Crippen LogP contribution in [0.15, 0.2) is 53.5 Å². The summed E-state index contributed by atoms with van der Waals surface area (Å²) in [6.45, 7) is 2.52. The summed E-state index contributed by atoms with van der Waals surface area (Å²) in [4.78, 5) is 29.0. The first-order valence-corrected chi connectivity index (χ1v) is 9.43. The van der Waals surface area contributed by atoms with Crippen molar-refractivity contribution in [1.82, 2.24) is 5.32 Å². The summed E-state index contributed by atoms with van der Waals surface area (Å²) in [5.41, 5.74) is 1.27. The summed E-state index contributed by atoms with van der Waals surface area (Å²) in [6, 6.07) is 14.2. The standard InChI is InChI=1S/C20H20N2O4S/c1-3-26-16-10-6-14(7-11-16)21-20-22-19(24)18(27-20)12-17(23)13-4-8-15(25-2)9-5-13/h4-11,18H,3,12H2,1-2H3,(H,21,22,24). The zero-order chi connectivity index (χ0) is 19.2. The molecule has 0 spiro atoms. The van der Waals surface area contributed by atoms with Gasteiger partial charge in [-0.1, -0.05) is 11.8 Å². The van der Waals surface area contributed by atoms with Gasteiger partial charge < -0.3 is 14.8 Å². The van der Waals surface area contributed by atoms with Gasteiger partial charge >= 0.3 is 0 Å². The number of ether oxygens (including phenoxy) is 2. The van der Waals surface area contributed by atoms with Gasteiger partial charge in [0.1, 0.15) is 11.5 Å². The van der Waals surface area contributed by atoms with Gasteiger partial charge in [0, 0.05) is 12.0 Å². The smallest absolute Gasteiger partial charge is 0.240 e. The van der Waals surface area contributed by atoms with Gasteiger partial charge in [0.25, 0.3) is 0 Å². The van der Waals surface area contributed by atoms with Gasteiger partial charge in [0.15, 0.2) is 11.0 Å². The zero-order valence-electron chi connectivity index (χ0n) is 15.1. The molecule has 6 nitrogen and oxygen atoms in total. The molecule has 1 saturated heterocycles. The van der Waals surface area contributed by atoms with Crippen molar-refractivity contribution < 1.29 is 19.1 Å². The Kier molecular flexibility index (Phi) is 6.13. The Bertz CT molecular complexity index is 847. The number of Topliss-reactive ketones (excluding diaryl/α,β-unsaturated/α-hetero) is 1. The van der Waals surface area contributed by atoms with Gasteiger partial charge in [0.2, 0.25) is 5.91 Å². The van der Waals surface area contributed by atoms with E-state index in [4.69, 9.17) is 9.47 Å². The normalized spacial score (nSPS) is 17.6. The van der Waals surface area contributed by atoms with E-state index < -0.39 is 5.25 Å². The van der Waals surface area contributed by atoms with Crippen LogP contribution in [0.5, 0.6) is 11.5 Å². The van der Waals surface area contributed by atoms with Crippen LogP contribution >= 0.6 is 11.8 Å². The van der Waals surface area contributed by atoms with Crippen LogP contribution in [0.4, 0.5) is 5.69 Å². The summed E-state index contributed by atoms with van der Waals surface area (Å²) < 4.78 is 10.5. The molecule has 0 aromatic heterocycles. The number of methoxy groups -OCH3 is 1. The molecule has 0 saturated carbocycles. The Morgan fingerprint density at radius 3 is 2.41 bits per heavy atom. The number of benzene rings is 2. The molecule has 0 bridgehead atoms. The molecular weight excluding hydrogens is 364 g/mol. The first-order chi connectivity index (χ1) is 13.1. The molecule has 27 heavy (non-hydrogen) atoms. The first kappa shape index (κ1) is 19.0. The molecule has 2 aromatic carbocycles. The van der Waals surface area contributed by atoms with Gasteiger partial charge in [-0.2, -0.15) is 0 Å². The number of hydrogen-bond acceptors (Lipinski definition) is 6. The Hall–Kier alpha value is -2.80. The molecule has 1 atom stereocenters. The summed E-state index contributed by atoms with van der Waals surface area (Å²) in [5, 5.41) is 2.75. The number of carbonyl (C=O) groups is 2. The fourth-order valence-corrected chi connectivity index (χ4v) is 3.54. The number of carbonyl (C=O) groups excluding carboxylic acids is 2. The van der Waals surface area contributed by atoms with Crippen molar-refractivity contribution in [1.29, 1.82) is 0 Å². The molecule has 2 aromatic rings. The van der Waals surface area contributed by atoms with E-state index in [1.165, 1.54) is 11.8 Å². The number of hydrogen-bond donors (Lipinski definition) is 1. The van der Waals surface area contributed by atoms with Crippen LogP contribution < -0.4 is 14.8 Å². The molecule has 1 N–H and O–H groups in total. The number of aliphatic imine (C=N–C) groups is 1. The Morgan fingerprint density at radius 2 is 1.78 bits per heavy atom. The lowest BCUT2D eigenvalue weighted by Crippen LogP contribution is -2.26. The van der Waals surface area contributed by atoms with E-state index in [2.05, 4.69) is 10.3 Å². The Morgan fingerprint density at radius 1 is 1.11 bits per heavy atom. The predicted molar refractivity (Wildman–Crippen MR) is 106 cm³/mol. The van der Waals surface area contributed by atoms with Gasteiger partial charge in [-0.15, -0.1) is 0 Å². The van der Waals surface area contributed by atoms with Gasteiger partial charge in [-0.3, -0.25) is 9.59 Å². The van der Waals surface area contributed by atoms with Gasteiger partial charge in [0.05, 0.1) is 24.7 Å². The largest absolute Gasteiger partial charge is 0.497 e. The molecule has 3 rings (SSSR count). The minimum absolute atomic E-state index is 0.0902. The average molecular weight is 384 g/mol. The van der Waals surface area contributed by atoms with Crippen LogP contribution in [0, 0.1) is 0 Å². The zero-order valence-corrected chi connectivity index (χ0v) is 15.9. The summed E-state index contributed by atoms with van der Waals surface area (Å²) in [7, 11) is 1.57. The van der Waals surface area contributed by atoms with Crippen LogP contribution in [0.25, 0.3) is 0 Å². The molecule has 1 aliphatic rings. The van der Waals surface area contributed by atoms with Crippen LogP contribution in [-0.4, -0.2) is 35.8 Å². The van der Waals surface area contributed by atoms with Crippen LogP contribution in [0.2, 0.25) is 0 Å². The molecule has 1 fully saturated rings. The summed E-state index contributed by atoms with van der Waals surface area (Å²) in [6.07, 6.45) is 0.116. The van der Waals surface area contributed by atoms with Crippen LogP contribution in [-0.2, 0) is 4.79 Å². The van der Waals surface area contributed by atoms with Crippen molar-refractivity contribution >= 4 is 34.3 Å². The fourth-order valence-electron chi connectivity index (χ4n) is 2.56. The van der Waals surface area contributed by atoms with E-state index in [-0.39, 0.29) is 18.1 Å². The molecule has 1 amide bonds. The lowest BCUT2D eigenvalue weighted by atomic mass is 10.1. The van der Waals surface area contributed by atoms with Crippen molar-refractivity contribution in [2.75, 3.05) is 13.7 Å². The minimum atomic E-state index is -0.485. The van der Waals surface area contributed by atoms with E-state index in [0.717, 1.165) is 5.75 Å². The maximum atomic E-state index is 12.4. The third-order valence-corrected chi connectivity index (χ3v) is 5.02. The third kappa shape index (κ3) is 4.89. The highest BCUT2D eigenvalue weighted by Crippen LogP contribution is 2.27. The molecule has 1 unspecified atom stereocenters. The molecule has 1 aliphatic heterocycles. The highest BCUT2D eigenvalue weighted by molar-refractivity contribution is 8.15. The van der Waals surface area contributed by atoms with Crippen molar-refractivity contribution in [2.24, 2.45) is 4.99 Å². The van der Waals surface area contributed by atoms with Crippen LogP contribution in [0.1, 0.15) is 23.7 Å². The van der Waals surface area contributed by atoms with E-state index in [9.17, 15) is 9.59 Å². The van der Waals surface area contributed by atoms with E-state index >= 15 is 0 Å².